The van der Waals surface area contributed by atoms with Gasteiger partial charge in [-0.1, -0.05) is 30.3 Å². The highest BCUT2D eigenvalue weighted by Crippen LogP contribution is 2.05. The molecule has 56 valence electrons. The minimum atomic E-state index is 0.149. The van der Waals surface area contributed by atoms with Crippen molar-refractivity contribution < 1.29 is 9.69 Å². The van der Waals surface area contributed by atoms with Gasteiger partial charge in [0, 0.05) is 0 Å². The first-order chi connectivity index (χ1) is 5.47. The molecule has 1 aliphatic heterocycles. The molecule has 0 radical (unpaired) electrons. The highest BCUT2D eigenvalue weighted by Gasteiger charge is 2.24. The third kappa shape index (κ3) is 1.44. The van der Waals surface area contributed by atoms with Crippen LogP contribution in [0, 0.1) is 0 Å². The van der Waals surface area contributed by atoms with E-state index in [0.717, 1.165) is 6.32 Å². The SMILES string of the molecule is c1ccc(B2CCOO2)cc1. The van der Waals surface area contributed by atoms with E-state index in [9.17, 15) is 0 Å². The molecule has 11 heavy (non-hydrogen) atoms. The van der Waals surface area contributed by atoms with E-state index in [1.165, 1.54) is 5.46 Å². The monoisotopic (exact) mass is 148 g/mol. The van der Waals surface area contributed by atoms with Crippen molar-refractivity contribution in [1.82, 2.24) is 0 Å². The molecule has 2 nitrogen and oxygen atoms in total. The second-order valence-electron chi connectivity index (χ2n) is 2.61. The predicted molar refractivity (Wildman–Crippen MR) is 43.7 cm³/mol. The van der Waals surface area contributed by atoms with Crippen LogP contribution >= 0.6 is 0 Å². The molecule has 0 spiro atoms. The van der Waals surface area contributed by atoms with Crippen molar-refractivity contribution in [1.29, 1.82) is 0 Å². The molecule has 0 unspecified atom stereocenters. The molecule has 1 saturated heterocycles. The molecule has 2 rings (SSSR count). The van der Waals surface area contributed by atoms with Crippen LogP contribution in [0.3, 0.4) is 0 Å². The Balaban J connectivity index is 2.16. The second-order valence-corrected chi connectivity index (χ2v) is 2.61. The third-order valence-corrected chi connectivity index (χ3v) is 1.82. The fourth-order valence-electron chi connectivity index (χ4n) is 1.22. The average Bonchev–Trinajstić information content (AvgIpc) is 2.58. The maximum absolute atomic E-state index is 5.04. The summed E-state index contributed by atoms with van der Waals surface area (Å²) in [5, 5.41) is 0. The largest absolute Gasteiger partial charge is 0.375 e. The molecule has 0 saturated carbocycles. The highest BCUT2D eigenvalue weighted by molar-refractivity contribution is 6.67. The zero-order valence-electron chi connectivity index (χ0n) is 6.19. The van der Waals surface area contributed by atoms with Crippen LogP contribution in [0.5, 0.6) is 0 Å². The lowest BCUT2D eigenvalue weighted by molar-refractivity contribution is -0.184. The van der Waals surface area contributed by atoms with Crippen molar-refractivity contribution in [3.63, 3.8) is 0 Å². The zero-order chi connectivity index (χ0) is 7.52. The van der Waals surface area contributed by atoms with Crippen molar-refractivity contribution >= 4 is 12.4 Å². The summed E-state index contributed by atoms with van der Waals surface area (Å²) in [7, 11) is 0. The molecule has 3 heteroatoms. The van der Waals surface area contributed by atoms with E-state index < -0.39 is 0 Å². The van der Waals surface area contributed by atoms with Gasteiger partial charge in [0.2, 0.25) is 0 Å². The summed E-state index contributed by atoms with van der Waals surface area (Å²) in [5.74, 6) is 0. The Hall–Kier alpha value is -0.795. The Bertz CT molecular complexity index is 219. The van der Waals surface area contributed by atoms with Crippen molar-refractivity contribution in [2.75, 3.05) is 6.61 Å². The molecule has 1 heterocycles. The van der Waals surface area contributed by atoms with Gasteiger partial charge in [0.15, 0.2) is 0 Å². The maximum Gasteiger partial charge on any atom is 0.375 e. The number of benzene rings is 1. The van der Waals surface area contributed by atoms with Gasteiger partial charge in [-0.25, -0.2) is 0 Å². The van der Waals surface area contributed by atoms with Crippen LogP contribution in [-0.2, 0) is 9.69 Å². The summed E-state index contributed by atoms with van der Waals surface area (Å²) in [6.45, 7) is 0.857. The smallest absolute Gasteiger partial charge is 0.298 e. The van der Waals surface area contributed by atoms with Crippen LogP contribution in [0.2, 0.25) is 6.32 Å². The van der Waals surface area contributed by atoms with Crippen molar-refractivity contribution in [2.45, 2.75) is 6.32 Å². The quantitative estimate of drug-likeness (QED) is 0.434. The van der Waals surface area contributed by atoms with Crippen LogP contribution in [0.4, 0.5) is 0 Å². The third-order valence-electron chi connectivity index (χ3n) is 1.82. The van der Waals surface area contributed by atoms with Gasteiger partial charge in [-0.3, -0.25) is 9.69 Å². The van der Waals surface area contributed by atoms with Gasteiger partial charge >= 0.3 is 6.92 Å². The minimum Gasteiger partial charge on any atom is -0.298 e. The summed E-state index contributed by atoms with van der Waals surface area (Å²) in [6, 6.07) is 10.1. The Morgan fingerprint density at radius 2 is 2.00 bits per heavy atom. The first-order valence-corrected chi connectivity index (χ1v) is 3.80. The predicted octanol–water partition coefficient (Wildman–Crippen LogP) is 0.847. The van der Waals surface area contributed by atoms with Crippen LogP contribution in [0.25, 0.3) is 0 Å². The molecular weight excluding hydrogens is 139 g/mol. The van der Waals surface area contributed by atoms with E-state index in [4.69, 9.17) is 9.69 Å². The van der Waals surface area contributed by atoms with Crippen LogP contribution in [0.15, 0.2) is 30.3 Å². The molecule has 1 aliphatic rings. The normalized spacial score (nSPS) is 17.3. The molecule has 0 amide bonds. The van der Waals surface area contributed by atoms with E-state index in [1.54, 1.807) is 0 Å². The molecular formula is C8H9BO2. The minimum absolute atomic E-state index is 0.149. The Kier molecular flexibility index (Phi) is 1.92. The summed E-state index contributed by atoms with van der Waals surface area (Å²) < 4.78 is 0. The van der Waals surface area contributed by atoms with Gasteiger partial charge in [-0.2, -0.15) is 0 Å². The fourth-order valence-corrected chi connectivity index (χ4v) is 1.22. The van der Waals surface area contributed by atoms with E-state index in [1.807, 2.05) is 18.2 Å². The highest BCUT2D eigenvalue weighted by atomic mass is 17.2. The molecule has 0 aromatic heterocycles. The van der Waals surface area contributed by atoms with Crippen LogP contribution in [-0.4, -0.2) is 13.5 Å². The molecule has 0 bridgehead atoms. The van der Waals surface area contributed by atoms with Crippen LogP contribution < -0.4 is 5.46 Å². The number of rotatable bonds is 1. The van der Waals surface area contributed by atoms with E-state index in [-0.39, 0.29) is 6.92 Å². The molecule has 0 N–H and O–H groups in total. The van der Waals surface area contributed by atoms with E-state index >= 15 is 0 Å². The van der Waals surface area contributed by atoms with Gasteiger partial charge in [0.25, 0.3) is 0 Å². The molecule has 1 fully saturated rings. The fraction of sp³-hybridized carbons (Fsp3) is 0.250. The molecule has 0 atom stereocenters. The first-order valence-electron chi connectivity index (χ1n) is 3.80. The van der Waals surface area contributed by atoms with Crippen LogP contribution in [0.1, 0.15) is 0 Å². The Morgan fingerprint density at radius 3 is 2.64 bits per heavy atom. The summed E-state index contributed by atoms with van der Waals surface area (Å²) in [4.78, 5) is 9.85. The first kappa shape index (κ1) is 6.89. The lowest BCUT2D eigenvalue weighted by atomic mass is 9.59. The van der Waals surface area contributed by atoms with Gasteiger partial charge in [-0.05, 0) is 11.8 Å². The van der Waals surface area contributed by atoms with Crippen molar-refractivity contribution in [3.05, 3.63) is 30.3 Å². The van der Waals surface area contributed by atoms with Gasteiger partial charge in [-0.15, -0.1) is 0 Å². The maximum atomic E-state index is 5.04. The molecule has 0 aliphatic carbocycles. The second kappa shape index (κ2) is 3.07. The van der Waals surface area contributed by atoms with E-state index in [2.05, 4.69) is 12.1 Å². The van der Waals surface area contributed by atoms with Crippen molar-refractivity contribution in [3.8, 4) is 0 Å². The number of hydrogen-bond donors (Lipinski definition) is 0. The summed E-state index contributed by atoms with van der Waals surface area (Å²) in [5.41, 5.74) is 1.20. The summed E-state index contributed by atoms with van der Waals surface area (Å²) >= 11 is 0. The Morgan fingerprint density at radius 1 is 1.18 bits per heavy atom. The average molecular weight is 148 g/mol. The van der Waals surface area contributed by atoms with Crippen molar-refractivity contribution in [2.24, 2.45) is 0 Å². The lowest BCUT2D eigenvalue weighted by Gasteiger charge is -2.00. The van der Waals surface area contributed by atoms with Gasteiger partial charge in [0.05, 0.1) is 6.61 Å². The van der Waals surface area contributed by atoms with Gasteiger partial charge in [0.1, 0.15) is 0 Å². The lowest BCUT2D eigenvalue weighted by Crippen LogP contribution is -2.28. The van der Waals surface area contributed by atoms with E-state index in [0.29, 0.717) is 6.61 Å². The van der Waals surface area contributed by atoms with Gasteiger partial charge < -0.3 is 0 Å². The summed E-state index contributed by atoms with van der Waals surface area (Å²) in [6.07, 6.45) is 0.962. The topological polar surface area (TPSA) is 18.5 Å². The zero-order valence-corrected chi connectivity index (χ0v) is 6.19. The standard InChI is InChI=1S/C8H9BO2/c1-2-4-8(5-3-1)9-6-7-10-11-9/h1-5H,6-7H2. The number of hydrogen-bond acceptors (Lipinski definition) is 2. The molecule has 1 aromatic rings. The molecule has 1 aromatic carbocycles. The Labute approximate surface area is 66.2 Å².